The molecular formula is C17H16ClN5. The van der Waals surface area contributed by atoms with Crippen LogP contribution in [-0.4, -0.2) is 19.7 Å². The predicted octanol–water partition coefficient (Wildman–Crippen LogP) is 3.81. The minimum atomic E-state index is 0.482. The minimum absolute atomic E-state index is 0.482. The van der Waals surface area contributed by atoms with Gasteiger partial charge in [-0.05, 0) is 25.0 Å². The monoisotopic (exact) mass is 325 g/mol. The highest BCUT2D eigenvalue weighted by Gasteiger charge is 2.27. The molecule has 0 aliphatic heterocycles. The zero-order chi connectivity index (χ0) is 15.6. The summed E-state index contributed by atoms with van der Waals surface area (Å²) in [5, 5.41) is 8.18. The van der Waals surface area contributed by atoms with Crippen LogP contribution in [0.5, 0.6) is 0 Å². The van der Waals surface area contributed by atoms with Crippen molar-refractivity contribution in [3.8, 4) is 5.69 Å². The summed E-state index contributed by atoms with van der Waals surface area (Å²) in [5.41, 5.74) is 2.12. The SMILES string of the molecule is Clc1cc(NCc2cnn(-c3ccccc3)c2)nc(C2CC2)n1. The molecule has 1 aliphatic rings. The van der Waals surface area contributed by atoms with E-state index in [1.54, 1.807) is 6.07 Å². The summed E-state index contributed by atoms with van der Waals surface area (Å²) >= 11 is 6.08. The summed E-state index contributed by atoms with van der Waals surface area (Å²) in [6.07, 6.45) is 6.17. The van der Waals surface area contributed by atoms with E-state index in [4.69, 9.17) is 11.6 Å². The molecule has 2 heterocycles. The van der Waals surface area contributed by atoms with Gasteiger partial charge < -0.3 is 5.32 Å². The number of nitrogens with zero attached hydrogens (tertiary/aromatic N) is 4. The Kier molecular flexibility index (Phi) is 3.71. The lowest BCUT2D eigenvalue weighted by atomic mass is 10.3. The number of halogens is 1. The molecule has 0 spiro atoms. The highest BCUT2D eigenvalue weighted by molar-refractivity contribution is 6.29. The first-order chi connectivity index (χ1) is 11.3. The van der Waals surface area contributed by atoms with E-state index in [9.17, 15) is 0 Å². The Hall–Kier alpha value is -2.40. The Bertz CT molecular complexity index is 811. The number of benzene rings is 1. The van der Waals surface area contributed by atoms with Crippen molar-refractivity contribution in [2.75, 3.05) is 5.32 Å². The fourth-order valence-electron chi connectivity index (χ4n) is 2.42. The highest BCUT2D eigenvalue weighted by atomic mass is 35.5. The number of aromatic nitrogens is 4. The van der Waals surface area contributed by atoms with Gasteiger partial charge in [-0.25, -0.2) is 14.6 Å². The van der Waals surface area contributed by atoms with Crippen LogP contribution < -0.4 is 5.32 Å². The Labute approximate surface area is 139 Å². The van der Waals surface area contributed by atoms with Crippen molar-refractivity contribution in [3.63, 3.8) is 0 Å². The van der Waals surface area contributed by atoms with E-state index in [-0.39, 0.29) is 0 Å². The third kappa shape index (κ3) is 3.35. The van der Waals surface area contributed by atoms with Crippen LogP contribution in [0.2, 0.25) is 5.15 Å². The highest BCUT2D eigenvalue weighted by Crippen LogP contribution is 2.38. The van der Waals surface area contributed by atoms with Gasteiger partial charge in [0.1, 0.15) is 16.8 Å². The molecule has 1 fully saturated rings. The summed E-state index contributed by atoms with van der Waals surface area (Å²) < 4.78 is 1.86. The standard InChI is InChI=1S/C17H16ClN5/c18-15-8-16(22-17(21-15)13-6-7-13)19-9-12-10-20-23(11-12)14-4-2-1-3-5-14/h1-5,8,10-11,13H,6-7,9H2,(H,19,21,22). The second-order valence-corrected chi connectivity index (χ2v) is 6.08. The van der Waals surface area contributed by atoms with Crippen LogP contribution in [0.15, 0.2) is 48.8 Å². The average Bonchev–Trinajstić information content (AvgIpc) is 3.32. The molecule has 0 unspecified atom stereocenters. The van der Waals surface area contributed by atoms with E-state index >= 15 is 0 Å². The number of hydrogen-bond acceptors (Lipinski definition) is 4. The van der Waals surface area contributed by atoms with Gasteiger partial charge in [0, 0.05) is 30.3 Å². The van der Waals surface area contributed by atoms with Gasteiger partial charge in [0.05, 0.1) is 11.9 Å². The molecule has 3 aromatic rings. The molecule has 23 heavy (non-hydrogen) atoms. The van der Waals surface area contributed by atoms with Gasteiger partial charge in [-0.2, -0.15) is 5.10 Å². The van der Waals surface area contributed by atoms with Crippen molar-refractivity contribution in [2.45, 2.75) is 25.3 Å². The van der Waals surface area contributed by atoms with Crippen molar-refractivity contribution in [3.05, 3.63) is 65.3 Å². The van der Waals surface area contributed by atoms with E-state index in [0.717, 1.165) is 35.7 Å². The molecule has 4 rings (SSSR count). The normalized spacial score (nSPS) is 14.0. The number of para-hydroxylation sites is 1. The van der Waals surface area contributed by atoms with Crippen LogP contribution in [0.4, 0.5) is 5.82 Å². The predicted molar refractivity (Wildman–Crippen MR) is 89.9 cm³/mol. The molecule has 1 saturated carbocycles. The molecule has 0 amide bonds. The maximum absolute atomic E-state index is 6.08. The number of hydrogen-bond donors (Lipinski definition) is 1. The Balaban J connectivity index is 1.46. The van der Waals surface area contributed by atoms with Crippen molar-refractivity contribution in [2.24, 2.45) is 0 Å². The van der Waals surface area contributed by atoms with Gasteiger partial charge in [-0.1, -0.05) is 29.8 Å². The topological polar surface area (TPSA) is 55.6 Å². The van der Waals surface area contributed by atoms with Crippen LogP contribution in [0.1, 0.15) is 30.1 Å². The van der Waals surface area contributed by atoms with E-state index in [1.807, 2.05) is 47.4 Å². The van der Waals surface area contributed by atoms with E-state index < -0.39 is 0 Å². The number of rotatable bonds is 5. The summed E-state index contributed by atoms with van der Waals surface area (Å²) in [7, 11) is 0. The molecule has 0 atom stereocenters. The van der Waals surface area contributed by atoms with E-state index in [0.29, 0.717) is 17.6 Å². The summed E-state index contributed by atoms with van der Waals surface area (Å²) in [4.78, 5) is 8.83. The smallest absolute Gasteiger partial charge is 0.135 e. The summed E-state index contributed by atoms with van der Waals surface area (Å²) in [5.74, 6) is 2.09. The van der Waals surface area contributed by atoms with Crippen LogP contribution in [-0.2, 0) is 6.54 Å². The van der Waals surface area contributed by atoms with Gasteiger partial charge >= 0.3 is 0 Å². The zero-order valence-electron chi connectivity index (χ0n) is 12.5. The second-order valence-electron chi connectivity index (χ2n) is 5.69. The molecule has 0 saturated heterocycles. The zero-order valence-corrected chi connectivity index (χ0v) is 13.2. The lowest BCUT2D eigenvalue weighted by Gasteiger charge is -2.06. The first kappa shape index (κ1) is 14.2. The van der Waals surface area contributed by atoms with Crippen LogP contribution in [0, 0.1) is 0 Å². The molecule has 1 aliphatic carbocycles. The van der Waals surface area contributed by atoms with Gasteiger partial charge in [-0.15, -0.1) is 0 Å². The Morgan fingerprint density at radius 2 is 2.00 bits per heavy atom. The van der Waals surface area contributed by atoms with Crippen molar-refractivity contribution in [1.29, 1.82) is 0 Å². The Morgan fingerprint density at radius 1 is 1.17 bits per heavy atom. The van der Waals surface area contributed by atoms with Gasteiger partial charge in [0.2, 0.25) is 0 Å². The molecule has 5 nitrogen and oxygen atoms in total. The third-order valence-corrected chi connectivity index (χ3v) is 3.98. The van der Waals surface area contributed by atoms with E-state index in [2.05, 4.69) is 20.4 Å². The summed E-state index contributed by atoms with van der Waals surface area (Å²) in [6, 6.07) is 11.8. The molecule has 1 N–H and O–H groups in total. The minimum Gasteiger partial charge on any atom is -0.366 e. The number of nitrogens with one attached hydrogen (secondary N) is 1. The van der Waals surface area contributed by atoms with Crippen LogP contribution >= 0.6 is 11.6 Å². The van der Waals surface area contributed by atoms with Crippen molar-refractivity contribution >= 4 is 17.4 Å². The van der Waals surface area contributed by atoms with Crippen LogP contribution in [0.3, 0.4) is 0 Å². The van der Waals surface area contributed by atoms with Crippen molar-refractivity contribution in [1.82, 2.24) is 19.7 Å². The van der Waals surface area contributed by atoms with Gasteiger partial charge in [0.15, 0.2) is 0 Å². The average molecular weight is 326 g/mol. The van der Waals surface area contributed by atoms with E-state index in [1.165, 1.54) is 0 Å². The maximum Gasteiger partial charge on any atom is 0.135 e. The lowest BCUT2D eigenvalue weighted by molar-refractivity contribution is 0.880. The fraction of sp³-hybridized carbons (Fsp3) is 0.235. The molecular weight excluding hydrogens is 310 g/mol. The molecule has 0 bridgehead atoms. The fourth-order valence-corrected chi connectivity index (χ4v) is 2.61. The molecule has 6 heteroatoms. The first-order valence-corrected chi connectivity index (χ1v) is 8.03. The molecule has 2 aromatic heterocycles. The van der Waals surface area contributed by atoms with Crippen LogP contribution in [0.25, 0.3) is 5.69 Å². The van der Waals surface area contributed by atoms with Gasteiger partial charge in [-0.3, -0.25) is 0 Å². The second kappa shape index (κ2) is 6.01. The Morgan fingerprint density at radius 3 is 2.78 bits per heavy atom. The lowest BCUT2D eigenvalue weighted by Crippen LogP contribution is -2.04. The van der Waals surface area contributed by atoms with Gasteiger partial charge in [0.25, 0.3) is 0 Å². The quantitative estimate of drug-likeness (QED) is 0.725. The maximum atomic E-state index is 6.08. The molecule has 0 radical (unpaired) electrons. The molecule has 116 valence electrons. The number of anilines is 1. The largest absolute Gasteiger partial charge is 0.366 e. The van der Waals surface area contributed by atoms with Crippen molar-refractivity contribution < 1.29 is 0 Å². The third-order valence-electron chi connectivity index (χ3n) is 3.79. The molecule has 1 aromatic carbocycles. The first-order valence-electron chi connectivity index (χ1n) is 7.65. The summed E-state index contributed by atoms with van der Waals surface area (Å²) in [6.45, 7) is 0.643.